The van der Waals surface area contributed by atoms with Crippen molar-refractivity contribution in [2.45, 2.75) is 6.61 Å². The zero-order valence-corrected chi connectivity index (χ0v) is 14.0. The quantitative estimate of drug-likeness (QED) is 0.564. The summed E-state index contributed by atoms with van der Waals surface area (Å²) in [5, 5.41) is 3.72. The smallest absolute Gasteiger partial charge is 0.273 e. The molecule has 5 nitrogen and oxygen atoms in total. The van der Waals surface area contributed by atoms with Crippen molar-refractivity contribution in [1.29, 1.82) is 0 Å². The lowest BCUT2D eigenvalue weighted by Gasteiger charge is -2.06. The van der Waals surface area contributed by atoms with Crippen LogP contribution in [0.5, 0.6) is 5.75 Å². The van der Waals surface area contributed by atoms with Crippen LogP contribution >= 0.6 is 0 Å². The first-order valence-corrected chi connectivity index (χ1v) is 8.30. The molecule has 0 aliphatic rings. The highest BCUT2D eigenvalue weighted by atomic mass is 16.5. The van der Waals surface area contributed by atoms with Gasteiger partial charge in [-0.1, -0.05) is 36.4 Å². The van der Waals surface area contributed by atoms with Crippen LogP contribution in [-0.4, -0.2) is 15.9 Å². The van der Waals surface area contributed by atoms with E-state index in [1.165, 1.54) is 0 Å². The number of aromatic amines is 1. The maximum atomic E-state index is 12.4. The average Bonchev–Trinajstić information content (AvgIpc) is 3.11. The van der Waals surface area contributed by atoms with Gasteiger partial charge in [0.1, 0.15) is 23.9 Å². The zero-order chi connectivity index (χ0) is 17.8. The van der Waals surface area contributed by atoms with Crippen molar-refractivity contribution in [2.75, 3.05) is 5.32 Å². The molecule has 0 saturated carbocycles. The number of nitrogens with zero attached hydrogens (tertiary/aromatic N) is 1. The van der Waals surface area contributed by atoms with Gasteiger partial charge in [0, 0.05) is 23.2 Å². The van der Waals surface area contributed by atoms with E-state index < -0.39 is 0 Å². The van der Waals surface area contributed by atoms with Crippen molar-refractivity contribution in [1.82, 2.24) is 9.97 Å². The van der Waals surface area contributed by atoms with Gasteiger partial charge in [0.25, 0.3) is 5.91 Å². The molecule has 0 radical (unpaired) electrons. The molecule has 26 heavy (non-hydrogen) atoms. The molecule has 0 aliphatic heterocycles. The number of hydrogen-bond donors (Lipinski definition) is 2. The summed E-state index contributed by atoms with van der Waals surface area (Å²) in [4.78, 5) is 19.6. The number of aromatic nitrogens is 2. The van der Waals surface area contributed by atoms with Crippen LogP contribution in [0.3, 0.4) is 0 Å². The molecule has 4 aromatic rings. The number of H-pyrrole nitrogens is 1. The molecule has 0 saturated heterocycles. The summed E-state index contributed by atoms with van der Waals surface area (Å²) in [5.74, 6) is 1.04. The third kappa shape index (κ3) is 3.57. The molecule has 5 heteroatoms. The number of benzene rings is 2. The van der Waals surface area contributed by atoms with Gasteiger partial charge in [-0.15, -0.1) is 0 Å². The van der Waals surface area contributed by atoms with Crippen LogP contribution in [0.4, 0.5) is 5.82 Å². The molecule has 2 heterocycles. The van der Waals surface area contributed by atoms with Crippen LogP contribution in [0.1, 0.15) is 16.1 Å². The molecule has 0 fully saturated rings. The molecule has 0 spiro atoms. The van der Waals surface area contributed by atoms with Gasteiger partial charge in [-0.25, -0.2) is 4.98 Å². The lowest BCUT2D eigenvalue weighted by molar-refractivity contribution is 0.102. The van der Waals surface area contributed by atoms with Crippen molar-refractivity contribution < 1.29 is 9.53 Å². The third-order valence-corrected chi connectivity index (χ3v) is 3.99. The molecule has 0 aliphatic carbocycles. The van der Waals surface area contributed by atoms with E-state index in [0.29, 0.717) is 18.1 Å². The fraction of sp³-hybridized carbons (Fsp3) is 0.0476. The number of ether oxygens (including phenoxy) is 1. The number of anilines is 1. The first-order valence-electron chi connectivity index (χ1n) is 8.30. The van der Waals surface area contributed by atoms with E-state index >= 15 is 0 Å². The summed E-state index contributed by atoms with van der Waals surface area (Å²) in [5.41, 5.74) is 2.43. The summed E-state index contributed by atoms with van der Waals surface area (Å²) in [6.07, 6.45) is 1.64. The Morgan fingerprint density at radius 2 is 1.85 bits per heavy atom. The maximum absolute atomic E-state index is 12.4. The fourth-order valence-corrected chi connectivity index (χ4v) is 2.68. The van der Waals surface area contributed by atoms with Crippen LogP contribution in [0, 0.1) is 0 Å². The first kappa shape index (κ1) is 15.9. The van der Waals surface area contributed by atoms with Gasteiger partial charge < -0.3 is 15.0 Å². The monoisotopic (exact) mass is 343 g/mol. The SMILES string of the molecule is O=C(Nc1ccccn1)c1cc2ccc(OCc3ccccc3)cc2[nH]1. The predicted molar refractivity (Wildman–Crippen MR) is 101 cm³/mol. The van der Waals surface area contributed by atoms with Gasteiger partial charge >= 0.3 is 0 Å². The van der Waals surface area contributed by atoms with E-state index in [0.717, 1.165) is 22.2 Å². The number of pyridine rings is 1. The van der Waals surface area contributed by atoms with Gasteiger partial charge in [-0.3, -0.25) is 4.79 Å². The highest BCUT2D eigenvalue weighted by Gasteiger charge is 2.11. The lowest BCUT2D eigenvalue weighted by Crippen LogP contribution is -2.12. The van der Waals surface area contributed by atoms with Crippen molar-refractivity contribution in [3.8, 4) is 5.75 Å². The molecule has 0 atom stereocenters. The Kier molecular flexibility index (Phi) is 4.35. The first-order chi connectivity index (χ1) is 12.8. The maximum Gasteiger partial charge on any atom is 0.273 e. The number of carbonyl (C=O) groups excluding carboxylic acids is 1. The standard InChI is InChI=1S/C21H17N3O2/c25-21(24-20-8-4-5-11-22-20)19-12-16-9-10-17(13-18(16)23-19)26-14-15-6-2-1-3-7-15/h1-13,23H,14H2,(H,22,24,25). The van der Waals surface area contributed by atoms with Crippen LogP contribution in [0.15, 0.2) is 79.0 Å². The van der Waals surface area contributed by atoms with E-state index in [2.05, 4.69) is 15.3 Å². The normalized spacial score (nSPS) is 10.6. The summed E-state index contributed by atoms with van der Waals surface area (Å²) in [6, 6.07) is 22.9. The minimum atomic E-state index is -0.230. The van der Waals surface area contributed by atoms with E-state index in [4.69, 9.17) is 4.74 Å². The van der Waals surface area contributed by atoms with E-state index in [-0.39, 0.29) is 5.91 Å². The number of nitrogens with one attached hydrogen (secondary N) is 2. The minimum Gasteiger partial charge on any atom is -0.489 e. The number of carbonyl (C=O) groups is 1. The Morgan fingerprint density at radius 3 is 2.65 bits per heavy atom. The summed E-state index contributed by atoms with van der Waals surface area (Å²) < 4.78 is 5.83. The predicted octanol–water partition coefficient (Wildman–Crippen LogP) is 4.39. The molecule has 0 unspecified atom stereocenters. The molecule has 128 valence electrons. The second-order valence-corrected chi connectivity index (χ2v) is 5.88. The molecular weight excluding hydrogens is 326 g/mol. The molecule has 0 bridgehead atoms. The summed E-state index contributed by atoms with van der Waals surface area (Å²) in [6.45, 7) is 0.500. The number of rotatable bonds is 5. The Labute approximate surface area is 150 Å². The lowest BCUT2D eigenvalue weighted by atomic mass is 10.2. The van der Waals surface area contributed by atoms with Gasteiger partial charge in [0.05, 0.1) is 0 Å². The fourth-order valence-electron chi connectivity index (χ4n) is 2.68. The Morgan fingerprint density at radius 1 is 1.00 bits per heavy atom. The summed E-state index contributed by atoms with van der Waals surface area (Å²) in [7, 11) is 0. The zero-order valence-electron chi connectivity index (χ0n) is 14.0. The van der Waals surface area contributed by atoms with Gasteiger partial charge in [-0.2, -0.15) is 0 Å². The Hall–Kier alpha value is -3.60. The van der Waals surface area contributed by atoms with E-state index in [9.17, 15) is 4.79 Å². The second kappa shape index (κ2) is 7.11. The van der Waals surface area contributed by atoms with Gasteiger partial charge in [-0.05, 0) is 35.9 Å². The molecule has 2 aromatic heterocycles. The Bertz CT molecular complexity index is 1030. The number of fused-ring (bicyclic) bond motifs is 1. The highest BCUT2D eigenvalue weighted by molar-refractivity contribution is 6.05. The average molecular weight is 343 g/mol. The van der Waals surface area contributed by atoms with Crippen LogP contribution in [0.2, 0.25) is 0 Å². The molecule has 1 amide bonds. The van der Waals surface area contributed by atoms with Crippen LogP contribution < -0.4 is 10.1 Å². The van der Waals surface area contributed by atoms with Crippen molar-refractivity contribution in [3.05, 3.63) is 90.3 Å². The third-order valence-electron chi connectivity index (χ3n) is 3.99. The largest absolute Gasteiger partial charge is 0.489 e. The number of hydrogen-bond acceptors (Lipinski definition) is 3. The number of amides is 1. The second-order valence-electron chi connectivity index (χ2n) is 5.88. The van der Waals surface area contributed by atoms with Crippen LogP contribution in [-0.2, 0) is 6.61 Å². The molecular formula is C21H17N3O2. The van der Waals surface area contributed by atoms with E-state index in [1.807, 2.05) is 60.7 Å². The van der Waals surface area contributed by atoms with Crippen LogP contribution in [0.25, 0.3) is 10.9 Å². The molecule has 4 rings (SSSR count). The molecule has 2 aromatic carbocycles. The van der Waals surface area contributed by atoms with Crippen molar-refractivity contribution in [3.63, 3.8) is 0 Å². The summed E-state index contributed by atoms with van der Waals surface area (Å²) >= 11 is 0. The van der Waals surface area contributed by atoms with Crippen molar-refractivity contribution in [2.24, 2.45) is 0 Å². The Balaban J connectivity index is 1.49. The van der Waals surface area contributed by atoms with Crippen molar-refractivity contribution >= 4 is 22.6 Å². The van der Waals surface area contributed by atoms with Gasteiger partial charge in [0.15, 0.2) is 0 Å². The topological polar surface area (TPSA) is 67.0 Å². The van der Waals surface area contributed by atoms with E-state index in [1.54, 1.807) is 18.3 Å². The minimum absolute atomic E-state index is 0.230. The highest BCUT2D eigenvalue weighted by Crippen LogP contribution is 2.22. The van der Waals surface area contributed by atoms with Gasteiger partial charge in [0.2, 0.25) is 0 Å². The molecule has 2 N–H and O–H groups in total.